The second kappa shape index (κ2) is 6.79. The Bertz CT molecular complexity index is 959. The summed E-state index contributed by atoms with van der Waals surface area (Å²) in [5.41, 5.74) is -0.136. The lowest BCUT2D eigenvalue weighted by atomic mass is 10.1. The van der Waals surface area contributed by atoms with Crippen molar-refractivity contribution in [3.8, 4) is 0 Å². The van der Waals surface area contributed by atoms with Crippen LogP contribution in [0.15, 0.2) is 58.2 Å². The number of aromatic amines is 1. The fourth-order valence-corrected chi connectivity index (χ4v) is 2.83. The van der Waals surface area contributed by atoms with Gasteiger partial charge in [-0.05, 0) is 18.2 Å². The van der Waals surface area contributed by atoms with Crippen molar-refractivity contribution in [3.63, 3.8) is 0 Å². The lowest BCUT2D eigenvalue weighted by molar-refractivity contribution is 0.102. The minimum atomic E-state index is -2.60. The molecule has 0 saturated heterocycles. The fraction of sp³-hybridized carbons (Fsp3) is 0.0625. The summed E-state index contributed by atoms with van der Waals surface area (Å²) >= 11 is 0.342. The van der Waals surface area contributed by atoms with Crippen molar-refractivity contribution in [2.45, 2.75) is 10.7 Å². The molecular formula is C16H11F2N3O2S. The Labute approximate surface area is 139 Å². The molecule has 2 N–H and O–H groups in total. The molecule has 1 aromatic heterocycles. The number of benzene rings is 2. The van der Waals surface area contributed by atoms with Crippen LogP contribution in [0.3, 0.4) is 0 Å². The number of thioether (sulfide) groups is 1. The standard InChI is InChI=1S/C16H11F2N3O2S/c17-16(18)24-12-8-4-3-7-11(12)19-15(23)13-9-5-1-2-6-10(9)14(22)21-20-13/h1-8,16H,(H,19,23)(H,21,22). The average Bonchev–Trinajstić information content (AvgIpc) is 2.57. The number of para-hydroxylation sites is 1. The van der Waals surface area contributed by atoms with E-state index in [0.717, 1.165) is 0 Å². The summed E-state index contributed by atoms with van der Waals surface area (Å²) in [6.45, 7) is 0. The molecule has 0 bridgehead atoms. The molecule has 1 amide bonds. The molecule has 2 aromatic carbocycles. The third-order valence-electron chi connectivity index (χ3n) is 3.26. The number of aromatic nitrogens is 2. The monoisotopic (exact) mass is 347 g/mol. The maximum Gasteiger partial charge on any atom is 0.288 e. The first-order chi connectivity index (χ1) is 11.6. The van der Waals surface area contributed by atoms with Crippen molar-refractivity contribution in [2.24, 2.45) is 0 Å². The number of nitrogens with zero attached hydrogens (tertiary/aromatic N) is 1. The number of carbonyl (C=O) groups excluding carboxylic acids is 1. The molecule has 3 rings (SSSR count). The summed E-state index contributed by atoms with van der Waals surface area (Å²) in [5, 5.41) is 9.33. The highest BCUT2D eigenvalue weighted by Crippen LogP contribution is 2.31. The molecule has 0 unspecified atom stereocenters. The maximum absolute atomic E-state index is 12.6. The van der Waals surface area contributed by atoms with Gasteiger partial charge in [0.1, 0.15) is 0 Å². The van der Waals surface area contributed by atoms with Crippen molar-refractivity contribution in [2.75, 3.05) is 5.32 Å². The van der Waals surface area contributed by atoms with Crippen LogP contribution < -0.4 is 10.9 Å². The highest BCUT2D eigenvalue weighted by Gasteiger charge is 2.16. The molecule has 1 heterocycles. The van der Waals surface area contributed by atoms with Crippen LogP contribution in [0.5, 0.6) is 0 Å². The largest absolute Gasteiger partial charge is 0.320 e. The van der Waals surface area contributed by atoms with Gasteiger partial charge in [0, 0.05) is 10.3 Å². The SMILES string of the molecule is O=C(Nc1ccccc1SC(F)F)c1n[nH]c(=O)c2ccccc12. The Balaban J connectivity index is 1.97. The van der Waals surface area contributed by atoms with Crippen molar-refractivity contribution < 1.29 is 13.6 Å². The molecule has 5 nitrogen and oxygen atoms in total. The Morgan fingerprint density at radius 2 is 1.75 bits per heavy atom. The summed E-state index contributed by atoms with van der Waals surface area (Å²) in [4.78, 5) is 24.5. The maximum atomic E-state index is 12.6. The van der Waals surface area contributed by atoms with Crippen LogP contribution in [0.25, 0.3) is 10.8 Å². The summed E-state index contributed by atoms with van der Waals surface area (Å²) in [5.74, 6) is -3.19. The van der Waals surface area contributed by atoms with Gasteiger partial charge in [0.2, 0.25) is 0 Å². The van der Waals surface area contributed by atoms with E-state index >= 15 is 0 Å². The van der Waals surface area contributed by atoms with Gasteiger partial charge >= 0.3 is 0 Å². The quantitative estimate of drug-likeness (QED) is 0.709. The Hall–Kier alpha value is -2.74. The Kier molecular flexibility index (Phi) is 4.57. The van der Waals surface area contributed by atoms with E-state index in [0.29, 0.717) is 22.5 Å². The van der Waals surface area contributed by atoms with E-state index in [2.05, 4.69) is 15.5 Å². The topological polar surface area (TPSA) is 74.8 Å². The van der Waals surface area contributed by atoms with Crippen LogP contribution in [0.2, 0.25) is 0 Å². The van der Waals surface area contributed by atoms with Crippen molar-refractivity contribution in [1.82, 2.24) is 10.2 Å². The second-order valence-corrected chi connectivity index (χ2v) is 5.81. The molecule has 3 aromatic rings. The molecule has 0 fully saturated rings. The second-order valence-electron chi connectivity index (χ2n) is 4.78. The molecular weight excluding hydrogens is 336 g/mol. The van der Waals surface area contributed by atoms with Crippen LogP contribution in [-0.4, -0.2) is 21.9 Å². The van der Waals surface area contributed by atoms with Crippen LogP contribution in [0.1, 0.15) is 10.5 Å². The molecule has 122 valence electrons. The number of rotatable bonds is 4. The first-order valence-electron chi connectivity index (χ1n) is 6.89. The predicted octanol–water partition coefficient (Wildman–Crippen LogP) is 3.49. The summed E-state index contributed by atoms with van der Waals surface area (Å²) in [6.07, 6.45) is 0. The number of halogens is 2. The fourth-order valence-electron chi connectivity index (χ4n) is 2.24. The van der Waals surface area contributed by atoms with E-state index in [1.54, 1.807) is 36.4 Å². The molecule has 0 aliphatic heterocycles. The number of fused-ring (bicyclic) bond motifs is 1. The Morgan fingerprint density at radius 1 is 1.08 bits per heavy atom. The first-order valence-corrected chi connectivity index (χ1v) is 7.77. The Morgan fingerprint density at radius 3 is 2.50 bits per heavy atom. The van der Waals surface area contributed by atoms with E-state index in [4.69, 9.17) is 0 Å². The van der Waals surface area contributed by atoms with E-state index in [1.807, 2.05) is 0 Å². The van der Waals surface area contributed by atoms with Gasteiger partial charge in [-0.3, -0.25) is 9.59 Å². The zero-order valence-corrected chi connectivity index (χ0v) is 12.9. The van der Waals surface area contributed by atoms with Gasteiger partial charge in [0.05, 0.1) is 11.1 Å². The van der Waals surface area contributed by atoms with Crippen LogP contribution in [-0.2, 0) is 0 Å². The van der Waals surface area contributed by atoms with Crippen molar-refractivity contribution >= 4 is 34.1 Å². The number of hydrogen-bond donors (Lipinski definition) is 2. The minimum Gasteiger partial charge on any atom is -0.320 e. The van der Waals surface area contributed by atoms with Crippen LogP contribution >= 0.6 is 11.8 Å². The van der Waals surface area contributed by atoms with E-state index < -0.39 is 17.2 Å². The third-order valence-corrected chi connectivity index (χ3v) is 4.05. The lowest BCUT2D eigenvalue weighted by Crippen LogP contribution is -2.19. The van der Waals surface area contributed by atoms with Gasteiger partial charge in [-0.2, -0.15) is 13.9 Å². The highest BCUT2D eigenvalue weighted by molar-refractivity contribution is 7.99. The lowest BCUT2D eigenvalue weighted by Gasteiger charge is -2.10. The number of alkyl halides is 2. The zero-order chi connectivity index (χ0) is 17.1. The van der Waals surface area contributed by atoms with Gasteiger partial charge in [-0.25, -0.2) is 5.10 Å². The molecule has 0 atom stereocenters. The van der Waals surface area contributed by atoms with Gasteiger partial charge in [-0.15, -0.1) is 0 Å². The summed E-state index contributed by atoms with van der Waals surface area (Å²) < 4.78 is 25.2. The number of nitrogens with one attached hydrogen (secondary N) is 2. The number of amides is 1. The molecule has 0 radical (unpaired) electrons. The molecule has 8 heteroatoms. The molecule has 0 aliphatic carbocycles. The number of carbonyl (C=O) groups is 1. The van der Waals surface area contributed by atoms with Crippen LogP contribution in [0, 0.1) is 0 Å². The minimum absolute atomic E-state index is 0.0158. The van der Waals surface area contributed by atoms with Crippen LogP contribution in [0.4, 0.5) is 14.5 Å². The van der Waals surface area contributed by atoms with Gasteiger partial charge in [-0.1, -0.05) is 42.1 Å². The third kappa shape index (κ3) is 3.28. The normalized spacial score (nSPS) is 11.0. The van der Waals surface area contributed by atoms with Crippen molar-refractivity contribution in [3.05, 3.63) is 64.6 Å². The summed E-state index contributed by atoms with van der Waals surface area (Å²) in [6, 6.07) is 12.8. The van der Waals surface area contributed by atoms with Gasteiger partial charge in [0.15, 0.2) is 5.69 Å². The first kappa shape index (κ1) is 16.1. The van der Waals surface area contributed by atoms with E-state index in [-0.39, 0.29) is 16.3 Å². The van der Waals surface area contributed by atoms with E-state index in [1.165, 1.54) is 12.1 Å². The van der Waals surface area contributed by atoms with E-state index in [9.17, 15) is 18.4 Å². The number of hydrogen-bond acceptors (Lipinski definition) is 4. The smallest absolute Gasteiger partial charge is 0.288 e. The highest BCUT2D eigenvalue weighted by atomic mass is 32.2. The van der Waals surface area contributed by atoms with Crippen molar-refractivity contribution in [1.29, 1.82) is 0 Å². The molecule has 0 spiro atoms. The number of anilines is 1. The molecule has 0 saturated carbocycles. The van der Waals surface area contributed by atoms with Gasteiger partial charge < -0.3 is 5.32 Å². The number of H-pyrrole nitrogens is 1. The zero-order valence-electron chi connectivity index (χ0n) is 12.1. The van der Waals surface area contributed by atoms with Gasteiger partial charge in [0.25, 0.3) is 17.2 Å². The molecule has 0 aliphatic rings. The average molecular weight is 347 g/mol. The molecule has 24 heavy (non-hydrogen) atoms. The summed E-state index contributed by atoms with van der Waals surface area (Å²) in [7, 11) is 0. The predicted molar refractivity (Wildman–Crippen MR) is 88.6 cm³/mol.